The number of piperidine rings is 1. The molecule has 9 nitrogen and oxygen atoms in total. The Hall–Kier alpha value is -2.97. The summed E-state index contributed by atoms with van der Waals surface area (Å²) in [5.74, 6) is 0.325. The minimum Gasteiger partial charge on any atom is -0.462 e. The Morgan fingerprint density at radius 3 is 2.46 bits per heavy atom. The highest BCUT2D eigenvalue weighted by Gasteiger charge is 2.28. The average Bonchev–Trinajstić information content (AvgIpc) is 3.02. The maximum atomic E-state index is 12.7. The second kappa shape index (κ2) is 8.37. The second-order valence-corrected chi connectivity index (χ2v) is 6.95. The Morgan fingerprint density at radius 1 is 1.21 bits per heavy atom. The molecule has 0 unspecified atom stereocenters. The molecule has 0 radical (unpaired) electrons. The molecule has 0 atom stereocenters. The lowest BCUT2D eigenvalue weighted by molar-refractivity contribution is -0.120. The van der Waals surface area contributed by atoms with Gasteiger partial charge in [0.25, 0.3) is 0 Å². The third kappa shape index (κ3) is 4.29. The van der Waals surface area contributed by atoms with Gasteiger partial charge in [0.2, 0.25) is 11.9 Å². The SMILES string of the molecule is CCOC(=O)c1cnn(C)c1NC(=O)C1CCN(c2nc(C)cc(C)n2)CC1. The van der Waals surface area contributed by atoms with Gasteiger partial charge in [-0.15, -0.1) is 0 Å². The van der Waals surface area contributed by atoms with Crippen molar-refractivity contribution in [2.45, 2.75) is 33.6 Å². The van der Waals surface area contributed by atoms with Crippen LogP contribution in [0.4, 0.5) is 11.8 Å². The van der Waals surface area contributed by atoms with E-state index in [4.69, 9.17) is 4.74 Å². The van der Waals surface area contributed by atoms with Gasteiger partial charge in [-0.05, 0) is 39.7 Å². The lowest BCUT2D eigenvalue weighted by Gasteiger charge is -2.31. The van der Waals surface area contributed by atoms with Crippen molar-refractivity contribution in [3.05, 3.63) is 29.2 Å². The van der Waals surface area contributed by atoms with Crippen molar-refractivity contribution in [2.75, 3.05) is 29.9 Å². The summed E-state index contributed by atoms with van der Waals surface area (Å²) in [7, 11) is 1.68. The maximum Gasteiger partial charge on any atom is 0.343 e. The fourth-order valence-electron chi connectivity index (χ4n) is 3.35. The molecule has 2 aromatic rings. The van der Waals surface area contributed by atoms with Crippen LogP contribution in [0.3, 0.4) is 0 Å². The van der Waals surface area contributed by atoms with E-state index in [-0.39, 0.29) is 24.0 Å². The molecular weight excluding hydrogens is 360 g/mol. The highest BCUT2D eigenvalue weighted by atomic mass is 16.5. The molecule has 9 heteroatoms. The lowest BCUT2D eigenvalue weighted by Crippen LogP contribution is -2.39. The van der Waals surface area contributed by atoms with Crippen LogP contribution in [0.5, 0.6) is 0 Å². The predicted molar refractivity (Wildman–Crippen MR) is 104 cm³/mol. The van der Waals surface area contributed by atoms with Crippen LogP contribution >= 0.6 is 0 Å². The van der Waals surface area contributed by atoms with Crippen molar-refractivity contribution in [3.63, 3.8) is 0 Å². The van der Waals surface area contributed by atoms with Crippen LogP contribution in [-0.4, -0.2) is 51.3 Å². The van der Waals surface area contributed by atoms with Gasteiger partial charge in [-0.25, -0.2) is 14.8 Å². The molecule has 2 aromatic heterocycles. The average molecular weight is 386 g/mol. The first-order valence-electron chi connectivity index (χ1n) is 9.46. The summed E-state index contributed by atoms with van der Waals surface area (Å²) in [5.41, 5.74) is 2.13. The van der Waals surface area contributed by atoms with E-state index < -0.39 is 5.97 Å². The van der Waals surface area contributed by atoms with E-state index in [9.17, 15) is 9.59 Å². The van der Waals surface area contributed by atoms with Crippen LogP contribution in [0.25, 0.3) is 0 Å². The van der Waals surface area contributed by atoms with Crippen molar-refractivity contribution >= 4 is 23.6 Å². The summed E-state index contributed by atoms with van der Waals surface area (Å²) in [6.07, 6.45) is 2.79. The van der Waals surface area contributed by atoms with Gasteiger partial charge in [-0.1, -0.05) is 0 Å². The smallest absolute Gasteiger partial charge is 0.343 e. The van der Waals surface area contributed by atoms with E-state index >= 15 is 0 Å². The molecule has 150 valence electrons. The molecule has 0 bridgehead atoms. The van der Waals surface area contributed by atoms with Crippen LogP contribution in [0.2, 0.25) is 0 Å². The second-order valence-electron chi connectivity index (χ2n) is 6.95. The van der Waals surface area contributed by atoms with Gasteiger partial charge in [-0.2, -0.15) is 5.10 Å². The Bertz CT molecular complexity index is 850. The number of rotatable bonds is 5. The number of hydrogen-bond donors (Lipinski definition) is 1. The first-order chi connectivity index (χ1) is 13.4. The van der Waals surface area contributed by atoms with Crippen molar-refractivity contribution in [1.29, 1.82) is 0 Å². The Balaban J connectivity index is 1.63. The fraction of sp³-hybridized carbons (Fsp3) is 0.526. The van der Waals surface area contributed by atoms with E-state index in [1.165, 1.54) is 10.9 Å². The van der Waals surface area contributed by atoms with Gasteiger partial charge < -0.3 is 15.0 Å². The first kappa shape index (κ1) is 19.8. The number of carbonyl (C=O) groups excluding carboxylic acids is 2. The monoisotopic (exact) mass is 386 g/mol. The van der Waals surface area contributed by atoms with Crippen LogP contribution < -0.4 is 10.2 Å². The van der Waals surface area contributed by atoms with Crippen molar-refractivity contribution in [2.24, 2.45) is 13.0 Å². The topological polar surface area (TPSA) is 102 Å². The first-order valence-corrected chi connectivity index (χ1v) is 9.46. The number of anilines is 2. The summed E-state index contributed by atoms with van der Waals surface area (Å²) in [6.45, 7) is 7.31. The van der Waals surface area contributed by atoms with E-state index in [1.54, 1.807) is 14.0 Å². The minimum atomic E-state index is -0.493. The predicted octanol–water partition coefficient (Wildman–Crippen LogP) is 1.86. The number of hydrogen-bond acceptors (Lipinski definition) is 7. The van der Waals surface area contributed by atoms with Gasteiger partial charge >= 0.3 is 5.97 Å². The van der Waals surface area contributed by atoms with Gasteiger partial charge in [0, 0.05) is 37.4 Å². The molecule has 28 heavy (non-hydrogen) atoms. The minimum absolute atomic E-state index is 0.116. The number of ether oxygens (including phenoxy) is 1. The summed E-state index contributed by atoms with van der Waals surface area (Å²) in [4.78, 5) is 35.9. The molecule has 0 saturated carbocycles. The van der Waals surface area contributed by atoms with Crippen molar-refractivity contribution < 1.29 is 14.3 Å². The summed E-state index contributed by atoms with van der Waals surface area (Å²) < 4.78 is 6.50. The third-order valence-electron chi connectivity index (χ3n) is 4.79. The van der Waals surface area contributed by atoms with Crippen LogP contribution in [-0.2, 0) is 16.6 Å². The highest BCUT2D eigenvalue weighted by Crippen LogP contribution is 2.24. The molecular formula is C19H26N6O3. The van der Waals surface area contributed by atoms with E-state index in [0.29, 0.717) is 37.7 Å². The zero-order valence-electron chi connectivity index (χ0n) is 16.7. The number of aryl methyl sites for hydroxylation is 3. The molecule has 1 fully saturated rings. The van der Waals surface area contributed by atoms with Crippen LogP contribution in [0.15, 0.2) is 12.3 Å². The molecule has 0 aliphatic carbocycles. The normalized spacial score (nSPS) is 14.8. The van der Waals surface area contributed by atoms with Gasteiger partial charge in [0.15, 0.2) is 0 Å². The zero-order valence-corrected chi connectivity index (χ0v) is 16.7. The summed E-state index contributed by atoms with van der Waals surface area (Å²) >= 11 is 0. The largest absolute Gasteiger partial charge is 0.462 e. The third-order valence-corrected chi connectivity index (χ3v) is 4.79. The number of esters is 1. The van der Waals surface area contributed by atoms with E-state index in [0.717, 1.165) is 11.4 Å². The quantitative estimate of drug-likeness (QED) is 0.783. The van der Waals surface area contributed by atoms with Gasteiger partial charge in [-0.3, -0.25) is 9.48 Å². The highest BCUT2D eigenvalue weighted by molar-refractivity contribution is 6.00. The van der Waals surface area contributed by atoms with Crippen LogP contribution in [0.1, 0.15) is 41.5 Å². The zero-order chi connectivity index (χ0) is 20.3. The van der Waals surface area contributed by atoms with E-state index in [1.807, 2.05) is 19.9 Å². The lowest BCUT2D eigenvalue weighted by atomic mass is 9.96. The fourth-order valence-corrected chi connectivity index (χ4v) is 3.35. The Morgan fingerprint density at radius 2 is 1.86 bits per heavy atom. The maximum absolute atomic E-state index is 12.7. The van der Waals surface area contributed by atoms with Crippen molar-refractivity contribution in [1.82, 2.24) is 19.7 Å². The number of amides is 1. The molecule has 0 spiro atoms. The molecule has 1 amide bonds. The number of carbonyl (C=O) groups is 2. The summed E-state index contributed by atoms with van der Waals surface area (Å²) in [6, 6.07) is 1.94. The summed E-state index contributed by atoms with van der Waals surface area (Å²) in [5, 5.41) is 6.91. The van der Waals surface area contributed by atoms with Gasteiger partial charge in [0.05, 0.1) is 12.8 Å². The number of nitrogens with one attached hydrogen (secondary N) is 1. The molecule has 1 aliphatic rings. The van der Waals surface area contributed by atoms with E-state index in [2.05, 4.69) is 25.3 Å². The Labute approximate surface area is 164 Å². The molecule has 3 heterocycles. The van der Waals surface area contributed by atoms with Gasteiger partial charge in [0.1, 0.15) is 11.4 Å². The Kier molecular flexibility index (Phi) is 5.91. The van der Waals surface area contributed by atoms with Crippen molar-refractivity contribution in [3.8, 4) is 0 Å². The molecule has 1 saturated heterocycles. The molecule has 1 N–H and O–H groups in total. The number of aromatic nitrogens is 4. The number of nitrogens with zero attached hydrogens (tertiary/aromatic N) is 5. The molecule has 3 rings (SSSR count). The molecule has 1 aliphatic heterocycles. The standard InChI is InChI=1S/C19H26N6O3/c1-5-28-18(27)15-11-20-24(4)16(15)23-17(26)14-6-8-25(9-7-14)19-21-12(2)10-13(3)22-19/h10-11,14H,5-9H2,1-4H3,(H,23,26). The molecule has 0 aromatic carbocycles. The van der Waals surface area contributed by atoms with Crippen LogP contribution in [0, 0.1) is 19.8 Å².